The zero-order valence-electron chi connectivity index (χ0n) is 17.2. The second-order valence-electron chi connectivity index (χ2n) is 9.39. The van der Waals surface area contributed by atoms with Gasteiger partial charge >= 0.3 is 0 Å². The summed E-state index contributed by atoms with van der Waals surface area (Å²) in [6.07, 6.45) is 6.01. The average Bonchev–Trinajstić information content (AvgIpc) is 2.81. The maximum Gasteiger partial charge on any atom is 0.0934 e. The molecule has 0 saturated heterocycles. The van der Waals surface area contributed by atoms with E-state index in [1.807, 2.05) is 17.3 Å². The Morgan fingerprint density at radius 2 is 1.69 bits per heavy atom. The summed E-state index contributed by atoms with van der Waals surface area (Å²) in [5, 5.41) is 9.82. The number of hydrazine groups is 1. The quantitative estimate of drug-likeness (QED) is 0.632. The molecule has 1 aromatic rings. The van der Waals surface area contributed by atoms with Crippen LogP contribution in [0.4, 0.5) is 5.69 Å². The van der Waals surface area contributed by atoms with Crippen LogP contribution in [-0.4, -0.2) is 23.8 Å². The number of nitrogens with zero attached hydrogens (tertiary/aromatic N) is 3. The first-order valence-corrected chi connectivity index (χ1v) is 9.60. The van der Waals surface area contributed by atoms with E-state index < -0.39 is 0 Å². The molecule has 26 heavy (non-hydrogen) atoms. The fourth-order valence-electron chi connectivity index (χ4n) is 3.60. The number of likely N-dealkylation sites (N-methyl/N-ethyl adjacent to an activating group) is 1. The third kappa shape index (κ3) is 3.35. The largest absolute Gasteiger partial charge is 0.193 e. The van der Waals surface area contributed by atoms with Crippen molar-refractivity contribution in [1.29, 1.82) is 0 Å². The van der Waals surface area contributed by atoms with E-state index in [2.05, 4.69) is 78.7 Å². The monoisotopic (exact) mass is 371 g/mol. The summed E-state index contributed by atoms with van der Waals surface area (Å²) in [5.41, 5.74) is 6.25. The normalized spacial score (nSPS) is 21.0. The lowest BCUT2D eigenvalue weighted by molar-refractivity contribution is 0.331. The van der Waals surface area contributed by atoms with E-state index in [9.17, 15) is 0 Å². The number of halogens is 1. The second-order valence-corrected chi connectivity index (χ2v) is 9.83. The lowest BCUT2D eigenvalue weighted by Crippen LogP contribution is -2.40. The Morgan fingerprint density at radius 3 is 2.27 bits per heavy atom. The van der Waals surface area contributed by atoms with Crippen LogP contribution in [0.15, 0.2) is 40.5 Å². The van der Waals surface area contributed by atoms with E-state index >= 15 is 0 Å². The number of hydrazone groups is 1. The molecule has 1 unspecified atom stereocenters. The predicted molar refractivity (Wildman–Crippen MR) is 113 cm³/mol. The van der Waals surface area contributed by atoms with Crippen molar-refractivity contribution in [2.75, 3.05) is 12.2 Å². The number of hydrogen-bond acceptors (Lipinski definition) is 3. The zero-order valence-corrected chi connectivity index (χ0v) is 17.9. The van der Waals surface area contributed by atoms with Crippen LogP contribution in [0.5, 0.6) is 0 Å². The van der Waals surface area contributed by atoms with Crippen LogP contribution in [0, 0.1) is 6.92 Å². The number of hydrogen-bond donors (Lipinski definition) is 0. The van der Waals surface area contributed by atoms with Crippen molar-refractivity contribution in [2.45, 2.75) is 65.3 Å². The highest BCUT2D eigenvalue weighted by Gasteiger charge is 2.34. The maximum absolute atomic E-state index is 6.18. The minimum Gasteiger partial charge on any atom is -0.193 e. The molecule has 0 saturated carbocycles. The molecule has 0 radical (unpaired) electrons. The summed E-state index contributed by atoms with van der Waals surface area (Å²) in [5.74, 6) is 0. The highest BCUT2D eigenvalue weighted by atomic mass is 35.5. The van der Waals surface area contributed by atoms with E-state index in [0.29, 0.717) is 0 Å². The van der Waals surface area contributed by atoms with Crippen molar-refractivity contribution in [1.82, 2.24) is 5.01 Å². The lowest BCUT2D eigenvalue weighted by Gasteiger charge is -2.33. The van der Waals surface area contributed by atoms with Gasteiger partial charge in [-0.25, -0.2) is 0 Å². The molecular formula is C22H30ClN3. The minimum atomic E-state index is 0.0708. The van der Waals surface area contributed by atoms with Crippen molar-refractivity contribution in [3.63, 3.8) is 0 Å². The van der Waals surface area contributed by atoms with Crippen LogP contribution in [-0.2, 0) is 10.8 Å². The van der Waals surface area contributed by atoms with Crippen LogP contribution in [0.2, 0.25) is 0 Å². The lowest BCUT2D eigenvalue weighted by atomic mass is 9.78. The highest BCUT2D eigenvalue weighted by molar-refractivity contribution is 6.33. The summed E-state index contributed by atoms with van der Waals surface area (Å²) < 4.78 is 0. The molecule has 3 rings (SSSR count). The Bertz CT molecular complexity index is 819. The minimum absolute atomic E-state index is 0.0708. The van der Waals surface area contributed by atoms with Crippen molar-refractivity contribution in [2.24, 2.45) is 5.10 Å². The molecule has 0 fully saturated rings. The van der Waals surface area contributed by atoms with Gasteiger partial charge in [-0.15, -0.1) is 0 Å². The summed E-state index contributed by atoms with van der Waals surface area (Å²) in [7, 11) is 2.08. The Labute approximate surface area is 163 Å². The van der Waals surface area contributed by atoms with Gasteiger partial charge in [0.05, 0.1) is 17.4 Å². The number of allylic oxidation sites excluding steroid dienone is 2. The van der Waals surface area contributed by atoms with Gasteiger partial charge in [-0.2, -0.15) is 15.2 Å². The second kappa shape index (κ2) is 6.24. The van der Waals surface area contributed by atoms with Crippen molar-refractivity contribution in [3.8, 4) is 0 Å². The van der Waals surface area contributed by atoms with Gasteiger partial charge in [0.15, 0.2) is 0 Å². The van der Waals surface area contributed by atoms with Gasteiger partial charge in [-0.3, -0.25) is 0 Å². The number of fused-ring (bicyclic) bond motifs is 1. The van der Waals surface area contributed by atoms with Gasteiger partial charge < -0.3 is 0 Å². The SMILES string of the molecule is Cc1c(N2N=C3C=C(Cl)C=CC3N2C)cc(C(C)(C)C)cc1C(C)(C)C. The fourth-order valence-corrected chi connectivity index (χ4v) is 3.79. The van der Waals surface area contributed by atoms with E-state index in [1.54, 1.807) is 0 Å². The summed E-state index contributed by atoms with van der Waals surface area (Å²) >= 11 is 6.18. The molecule has 1 aliphatic heterocycles. The maximum atomic E-state index is 6.18. The molecule has 3 nitrogen and oxygen atoms in total. The van der Waals surface area contributed by atoms with Crippen molar-refractivity contribution >= 4 is 23.0 Å². The fraction of sp³-hybridized carbons (Fsp3) is 0.500. The van der Waals surface area contributed by atoms with Crippen LogP contribution in [0.3, 0.4) is 0 Å². The van der Waals surface area contributed by atoms with Crippen LogP contribution < -0.4 is 5.12 Å². The first kappa shape index (κ1) is 19.2. The first-order chi connectivity index (χ1) is 11.9. The molecule has 0 N–H and O–H groups in total. The van der Waals surface area contributed by atoms with Crippen LogP contribution >= 0.6 is 11.6 Å². The third-order valence-corrected chi connectivity index (χ3v) is 5.44. The Morgan fingerprint density at radius 1 is 1.04 bits per heavy atom. The summed E-state index contributed by atoms with van der Waals surface area (Å²) in [6.45, 7) is 15.8. The first-order valence-electron chi connectivity index (χ1n) is 9.22. The molecule has 2 aliphatic rings. The van der Waals surface area contributed by atoms with Gasteiger partial charge in [0, 0.05) is 12.1 Å². The topological polar surface area (TPSA) is 18.8 Å². The van der Waals surface area contributed by atoms with Crippen LogP contribution in [0.1, 0.15) is 58.2 Å². The third-order valence-electron chi connectivity index (χ3n) is 5.21. The standard InChI is InChI=1S/C22H30ClN3/c1-14-17(22(5,6)7)11-15(21(2,3)4)12-20(14)26-24-18-13-16(23)9-10-19(18)25(26)8/h9-13,19H,1-8H3. The average molecular weight is 372 g/mol. The molecular weight excluding hydrogens is 342 g/mol. The van der Waals surface area contributed by atoms with E-state index in [-0.39, 0.29) is 16.9 Å². The molecule has 1 atom stereocenters. The molecule has 0 aromatic heterocycles. The number of rotatable bonds is 1. The molecule has 0 amide bonds. The molecule has 1 heterocycles. The number of benzene rings is 1. The summed E-state index contributed by atoms with van der Waals surface area (Å²) in [4.78, 5) is 0. The summed E-state index contributed by atoms with van der Waals surface area (Å²) in [6, 6.07) is 4.79. The zero-order chi connectivity index (χ0) is 19.4. The van der Waals surface area contributed by atoms with Gasteiger partial charge in [0.1, 0.15) is 0 Å². The molecule has 0 bridgehead atoms. The smallest absolute Gasteiger partial charge is 0.0934 e. The Hall–Kier alpha value is -1.58. The Kier molecular flexibility index (Phi) is 4.61. The van der Waals surface area contributed by atoms with Crippen molar-refractivity contribution < 1.29 is 0 Å². The van der Waals surface area contributed by atoms with Gasteiger partial charge in [-0.1, -0.05) is 65.3 Å². The van der Waals surface area contributed by atoms with E-state index in [4.69, 9.17) is 16.7 Å². The molecule has 4 heteroatoms. The number of anilines is 1. The van der Waals surface area contributed by atoms with Gasteiger partial charge in [0.2, 0.25) is 0 Å². The Balaban J connectivity index is 2.18. The van der Waals surface area contributed by atoms with Crippen LogP contribution in [0.25, 0.3) is 0 Å². The molecule has 1 aromatic carbocycles. The highest BCUT2D eigenvalue weighted by Crippen LogP contribution is 2.39. The van der Waals surface area contributed by atoms with E-state index in [1.165, 1.54) is 16.7 Å². The molecule has 140 valence electrons. The van der Waals surface area contributed by atoms with Crippen molar-refractivity contribution in [3.05, 3.63) is 52.1 Å². The van der Waals surface area contributed by atoms with Gasteiger partial charge in [0.25, 0.3) is 0 Å². The molecule has 1 aliphatic carbocycles. The predicted octanol–water partition coefficient (Wildman–Crippen LogP) is 5.67. The molecule has 0 spiro atoms. The van der Waals surface area contributed by atoms with E-state index in [0.717, 1.165) is 16.4 Å². The van der Waals surface area contributed by atoms with Gasteiger partial charge in [-0.05, 0) is 52.7 Å².